The van der Waals surface area contributed by atoms with Crippen LogP contribution in [0.4, 0.5) is 13.6 Å². The van der Waals surface area contributed by atoms with Crippen molar-refractivity contribution in [2.45, 2.75) is 51.3 Å². The first-order chi connectivity index (χ1) is 14.0. The molecule has 4 rings (SSSR count). The number of nitrogens with zero attached hydrogens (tertiary/aromatic N) is 1. The van der Waals surface area contributed by atoms with E-state index in [4.69, 9.17) is 4.74 Å². The summed E-state index contributed by atoms with van der Waals surface area (Å²) in [6.07, 6.45) is 2.34. The molecule has 1 amide bonds. The molecule has 2 saturated heterocycles. The summed E-state index contributed by atoms with van der Waals surface area (Å²) in [5.74, 6) is -2.39. The predicted molar refractivity (Wildman–Crippen MR) is 103 cm³/mol. The highest BCUT2D eigenvalue weighted by Gasteiger charge is 2.46. The van der Waals surface area contributed by atoms with E-state index in [0.717, 1.165) is 24.5 Å². The molecule has 29 heavy (non-hydrogen) atoms. The number of carbonyl (C=O) groups is 2. The van der Waals surface area contributed by atoms with Crippen LogP contribution in [-0.2, 0) is 11.3 Å². The van der Waals surface area contributed by atoms with Crippen LogP contribution in [0.25, 0.3) is 0 Å². The monoisotopic (exact) mass is 399 g/mol. The SMILES string of the molecule is Cc1c(C(=O)C2CC3CCC(C2)N3C(=O)OCc2ccccc2)ccc(F)c1F. The van der Waals surface area contributed by atoms with E-state index in [-0.39, 0.29) is 47.6 Å². The number of halogens is 2. The standard InChI is InChI=1S/C23H23F2NO3/c1-14-19(9-10-20(24)21(14)25)22(27)16-11-17-7-8-18(12-16)26(17)23(28)29-13-15-5-3-2-4-6-15/h2-6,9-10,16-18H,7-8,11-13H2,1H3. The van der Waals surface area contributed by atoms with Crippen molar-refractivity contribution in [1.29, 1.82) is 0 Å². The fourth-order valence-corrected chi connectivity index (χ4v) is 4.62. The minimum atomic E-state index is -0.972. The lowest BCUT2D eigenvalue weighted by molar-refractivity contribution is 0.0484. The topological polar surface area (TPSA) is 46.6 Å². The van der Waals surface area contributed by atoms with E-state index in [9.17, 15) is 18.4 Å². The normalized spacial score (nSPS) is 23.1. The van der Waals surface area contributed by atoms with Crippen molar-refractivity contribution in [3.8, 4) is 0 Å². The van der Waals surface area contributed by atoms with E-state index in [1.165, 1.54) is 13.0 Å². The Labute approximate surface area is 168 Å². The summed E-state index contributed by atoms with van der Waals surface area (Å²) in [6.45, 7) is 1.64. The van der Waals surface area contributed by atoms with Crippen LogP contribution in [0, 0.1) is 24.5 Å². The average molecular weight is 399 g/mol. The van der Waals surface area contributed by atoms with Crippen molar-refractivity contribution in [2.24, 2.45) is 5.92 Å². The highest BCUT2D eigenvalue weighted by atomic mass is 19.2. The predicted octanol–water partition coefficient (Wildman–Crippen LogP) is 5.04. The van der Waals surface area contributed by atoms with Gasteiger partial charge in [-0.3, -0.25) is 4.79 Å². The summed E-state index contributed by atoms with van der Waals surface area (Å²) >= 11 is 0. The summed E-state index contributed by atoms with van der Waals surface area (Å²) < 4.78 is 32.8. The molecule has 6 heteroatoms. The van der Waals surface area contributed by atoms with Crippen molar-refractivity contribution >= 4 is 11.9 Å². The third-order valence-electron chi connectivity index (χ3n) is 6.12. The van der Waals surface area contributed by atoms with Crippen LogP contribution in [0.5, 0.6) is 0 Å². The molecule has 0 radical (unpaired) electrons. The Balaban J connectivity index is 1.43. The molecule has 0 spiro atoms. The quantitative estimate of drug-likeness (QED) is 0.677. The van der Waals surface area contributed by atoms with Gasteiger partial charge < -0.3 is 9.64 Å². The van der Waals surface area contributed by atoms with E-state index in [2.05, 4.69) is 0 Å². The molecule has 2 fully saturated rings. The fraction of sp³-hybridized carbons (Fsp3) is 0.391. The number of fused-ring (bicyclic) bond motifs is 2. The second-order valence-electron chi connectivity index (χ2n) is 7.90. The number of ketones is 1. The Kier molecular flexibility index (Phi) is 5.35. The van der Waals surface area contributed by atoms with E-state index >= 15 is 0 Å². The molecule has 0 aromatic heterocycles. The molecule has 2 heterocycles. The van der Waals surface area contributed by atoms with Gasteiger partial charge in [0.05, 0.1) is 0 Å². The molecule has 2 aliphatic heterocycles. The third kappa shape index (κ3) is 3.76. The van der Waals surface area contributed by atoms with E-state index in [0.29, 0.717) is 12.8 Å². The number of hydrogen-bond acceptors (Lipinski definition) is 3. The van der Waals surface area contributed by atoms with Gasteiger partial charge in [-0.25, -0.2) is 13.6 Å². The second-order valence-corrected chi connectivity index (χ2v) is 7.90. The van der Waals surface area contributed by atoms with Crippen LogP contribution in [0.2, 0.25) is 0 Å². The Morgan fingerprint density at radius 3 is 2.34 bits per heavy atom. The summed E-state index contributed by atoms with van der Waals surface area (Å²) in [7, 11) is 0. The first-order valence-electron chi connectivity index (χ1n) is 9.93. The number of Topliss-reactive ketones (excluding diaryl/α,β-unsaturated/α-hetero) is 1. The Morgan fingerprint density at radius 2 is 1.69 bits per heavy atom. The van der Waals surface area contributed by atoms with Crippen LogP contribution in [0.3, 0.4) is 0 Å². The van der Waals surface area contributed by atoms with Crippen LogP contribution in [-0.4, -0.2) is 28.9 Å². The Bertz CT molecular complexity index is 917. The maximum Gasteiger partial charge on any atom is 0.410 e. The van der Waals surface area contributed by atoms with Gasteiger partial charge in [0, 0.05) is 23.6 Å². The number of hydrogen-bond donors (Lipinski definition) is 0. The highest BCUT2D eigenvalue weighted by molar-refractivity contribution is 5.99. The van der Waals surface area contributed by atoms with Gasteiger partial charge >= 0.3 is 6.09 Å². The van der Waals surface area contributed by atoms with Crippen LogP contribution in [0.1, 0.15) is 47.2 Å². The lowest BCUT2D eigenvalue weighted by Crippen LogP contribution is -2.48. The van der Waals surface area contributed by atoms with Gasteiger partial charge in [0.15, 0.2) is 17.4 Å². The number of carbonyl (C=O) groups excluding carboxylic acids is 2. The highest BCUT2D eigenvalue weighted by Crippen LogP contribution is 2.40. The van der Waals surface area contributed by atoms with Crippen molar-refractivity contribution in [3.05, 3.63) is 70.8 Å². The van der Waals surface area contributed by atoms with Crippen molar-refractivity contribution < 1.29 is 23.1 Å². The second kappa shape index (κ2) is 7.93. The molecule has 2 unspecified atom stereocenters. The summed E-state index contributed by atoms with van der Waals surface area (Å²) in [5, 5.41) is 0. The van der Waals surface area contributed by atoms with Crippen LogP contribution < -0.4 is 0 Å². The largest absolute Gasteiger partial charge is 0.445 e. The van der Waals surface area contributed by atoms with Gasteiger partial charge in [-0.05, 0) is 55.9 Å². The van der Waals surface area contributed by atoms with Gasteiger partial charge in [0.1, 0.15) is 6.61 Å². The maximum absolute atomic E-state index is 13.9. The van der Waals surface area contributed by atoms with Crippen LogP contribution in [0.15, 0.2) is 42.5 Å². The number of ether oxygens (including phenoxy) is 1. The molecular formula is C23H23F2NO3. The molecule has 2 aromatic rings. The average Bonchev–Trinajstić information content (AvgIpc) is 3.00. The number of piperidine rings is 1. The van der Waals surface area contributed by atoms with Crippen molar-refractivity contribution in [3.63, 3.8) is 0 Å². The van der Waals surface area contributed by atoms with E-state index in [1.807, 2.05) is 30.3 Å². The van der Waals surface area contributed by atoms with Gasteiger partial charge in [0.2, 0.25) is 0 Å². The lowest BCUT2D eigenvalue weighted by atomic mass is 9.83. The summed E-state index contributed by atoms with van der Waals surface area (Å²) in [6, 6.07) is 11.7. The minimum absolute atomic E-state index is 0.0482. The zero-order valence-corrected chi connectivity index (χ0v) is 16.2. The fourth-order valence-electron chi connectivity index (χ4n) is 4.62. The van der Waals surface area contributed by atoms with E-state index in [1.54, 1.807) is 4.90 Å². The Morgan fingerprint density at radius 1 is 1.03 bits per heavy atom. The zero-order chi connectivity index (χ0) is 20.5. The molecule has 4 nitrogen and oxygen atoms in total. The van der Waals surface area contributed by atoms with Crippen molar-refractivity contribution in [2.75, 3.05) is 0 Å². The van der Waals surface area contributed by atoms with Gasteiger partial charge in [-0.2, -0.15) is 0 Å². The number of benzene rings is 2. The Hall–Kier alpha value is -2.76. The molecule has 0 saturated carbocycles. The molecule has 152 valence electrons. The summed E-state index contributed by atoms with van der Waals surface area (Å²) in [5.41, 5.74) is 1.20. The summed E-state index contributed by atoms with van der Waals surface area (Å²) in [4.78, 5) is 27.4. The molecule has 0 aliphatic carbocycles. The minimum Gasteiger partial charge on any atom is -0.445 e. The molecule has 2 aliphatic rings. The first-order valence-corrected chi connectivity index (χ1v) is 9.93. The number of amides is 1. The van der Waals surface area contributed by atoms with Gasteiger partial charge in [-0.1, -0.05) is 30.3 Å². The number of rotatable bonds is 4. The zero-order valence-electron chi connectivity index (χ0n) is 16.2. The van der Waals surface area contributed by atoms with Gasteiger partial charge in [-0.15, -0.1) is 0 Å². The molecule has 2 bridgehead atoms. The smallest absolute Gasteiger partial charge is 0.410 e. The van der Waals surface area contributed by atoms with Crippen LogP contribution >= 0.6 is 0 Å². The molecule has 2 atom stereocenters. The third-order valence-corrected chi connectivity index (χ3v) is 6.12. The van der Waals surface area contributed by atoms with E-state index < -0.39 is 11.6 Å². The van der Waals surface area contributed by atoms with Gasteiger partial charge in [0.25, 0.3) is 0 Å². The molecular weight excluding hydrogens is 376 g/mol. The first kappa shape index (κ1) is 19.6. The lowest BCUT2D eigenvalue weighted by Gasteiger charge is -2.37. The van der Waals surface area contributed by atoms with Crippen molar-refractivity contribution in [1.82, 2.24) is 4.90 Å². The molecule has 0 N–H and O–H groups in total. The maximum atomic E-state index is 13.9. The molecule has 2 aromatic carbocycles.